The van der Waals surface area contributed by atoms with Crippen molar-refractivity contribution in [1.82, 2.24) is 4.90 Å². The number of nitrogens with one attached hydrogen (secondary N) is 1. The monoisotopic (exact) mass is 272 g/mol. The van der Waals surface area contributed by atoms with E-state index < -0.39 is 0 Å². The SMILES string of the molecule is CC(=O)c1cccc(NC(=O)N2CC3CCCC3C2)c1. The van der Waals surface area contributed by atoms with Gasteiger partial charge in [0.1, 0.15) is 0 Å². The molecule has 1 saturated heterocycles. The van der Waals surface area contributed by atoms with Crippen LogP contribution in [0.3, 0.4) is 0 Å². The molecule has 2 amide bonds. The minimum Gasteiger partial charge on any atom is -0.324 e. The van der Waals surface area contributed by atoms with Crippen LogP contribution in [-0.2, 0) is 0 Å². The van der Waals surface area contributed by atoms with Gasteiger partial charge in [-0.1, -0.05) is 18.6 Å². The van der Waals surface area contributed by atoms with Gasteiger partial charge in [0.15, 0.2) is 5.78 Å². The molecule has 1 aliphatic heterocycles. The van der Waals surface area contributed by atoms with Gasteiger partial charge in [-0.3, -0.25) is 4.79 Å². The second-order valence-electron chi connectivity index (χ2n) is 5.92. The standard InChI is InChI=1S/C16H20N2O2/c1-11(19)12-4-3-7-15(8-12)17-16(20)18-9-13-5-2-6-14(13)10-18/h3-4,7-8,13-14H,2,5-6,9-10H2,1H3,(H,17,20). The Labute approximate surface area is 119 Å². The molecule has 1 heterocycles. The normalized spacial score (nSPS) is 24.6. The van der Waals surface area contributed by atoms with Crippen molar-refractivity contribution >= 4 is 17.5 Å². The van der Waals surface area contributed by atoms with Crippen LogP contribution < -0.4 is 5.32 Å². The molecule has 2 fully saturated rings. The number of rotatable bonds is 2. The molecule has 2 unspecified atom stereocenters. The molecule has 1 aromatic rings. The quantitative estimate of drug-likeness (QED) is 0.841. The molecule has 2 atom stereocenters. The smallest absolute Gasteiger partial charge is 0.321 e. The molecule has 106 valence electrons. The highest BCUT2D eigenvalue weighted by molar-refractivity contribution is 5.96. The van der Waals surface area contributed by atoms with E-state index in [1.165, 1.54) is 26.2 Å². The third kappa shape index (κ3) is 2.55. The number of amides is 2. The van der Waals surface area contributed by atoms with E-state index in [-0.39, 0.29) is 11.8 Å². The van der Waals surface area contributed by atoms with E-state index in [4.69, 9.17) is 0 Å². The van der Waals surface area contributed by atoms with E-state index >= 15 is 0 Å². The molecule has 0 bridgehead atoms. The van der Waals surface area contributed by atoms with Gasteiger partial charge in [-0.25, -0.2) is 4.79 Å². The lowest BCUT2D eigenvalue weighted by Crippen LogP contribution is -2.33. The van der Waals surface area contributed by atoms with Crippen LogP contribution in [0.25, 0.3) is 0 Å². The van der Waals surface area contributed by atoms with Crippen molar-refractivity contribution in [3.8, 4) is 0 Å². The summed E-state index contributed by atoms with van der Waals surface area (Å²) in [4.78, 5) is 25.5. The maximum Gasteiger partial charge on any atom is 0.321 e. The summed E-state index contributed by atoms with van der Waals surface area (Å²) in [7, 11) is 0. The van der Waals surface area contributed by atoms with Crippen molar-refractivity contribution in [1.29, 1.82) is 0 Å². The lowest BCUT2D eigenvalue weighted by atomic mass is 10.0. The largest absolute Gasteiger partial charge is 0.324 e. The number of urea groups is 1. The van der Waals surface area contributed by atoms with Crippen LogP contribution in [0.2, 0.25) is 0 Å². The number of hydrogen-bond acceptors (Lipinski definition) is 2. The fourth-order valence-corrected chi connectivity index (χ4v) is 3.42. The lowest BCUT2D eigenvalue weighted by molar-refractivity contribution is 0.101. The summed E-state index contributed by atoms with van der Waals surface area (Å²) in [6.07, 6.45) is 3.83. The van der Waals surface area contributed by atoms with Crippen LogP contribution in [0, 0.1) is 11.8 Å². The van der Waals surface area contributed by atoms with Crippen molar-refractivity contribution in [3.63, 3.8) is 0 Å². The molecule has 3 rings (SSSR count). The first-order valence-corrected chi connectivity index (χ1v) is 7.30. The van der Waals surface area contributed by atoms with E-state index in [9.17, 15) is 9.59 Å². The van der Waals surface area contributed by atoms with Gasteiger partial charge < -0.3 is 10.2 Å². The molecule has 1 N–H and O–H groups in total. The van der Waals surface area contributed by atoms with E-state index in [2.05, 4.69) is 5.32 Å². The van der Waals surface area contributed by atoms with Crippen molar-refractivity contribution in [3.05, 3.63) is 29.8 Å². The third-order valence-electron chi connectivity index (χ3n) is 4.53. The minimum absolute atomic E-state index is 0.0109. The van der Waals surface area contributed by atoms with Gasteiger partial charge in [0.25, 0.3) is 0 Å². The number of likely N-dealkylation sites (tertiary alicyclic amines) is 1. The number of benzene rings is 1. The Hall–Kier alpha value is -1.84. The second kappa shape index (κ2) is 5.27. The summed E-state index contributed by atoms with van der Waals surface area (Å²) in [5.74, 6) is 1.41. The van der Waals surface area contributed by atoms with E-state index in [0.717, 1.165) is 13.1 Å². The second-order valence-corrected chi connectivity index (χ2v) is 5.92. The predicted octanol–water partition coefficient (Wildman–Crippen LogP) is 3.15. The number of carbonyl (C=O) groups is 2. The van der Waals surface area contributed by atoms with Gasteiger partial charge in [0, 0.05) is 24.3 Å². The predicted molar refractivity (Wildman–Crippen MR) is 77.9 cm³/mol. The van der Waals surface area contributed by atoms with Gasteiger partial charge in [0.2, 0.25) is 0 Å². The van der Waals surface area contributed by atoms with Crippen molar-refractivity contribution in [2.24, 2.45) is 11.8 Å². The number of nitrogens with zero attached hydrogens (tertiary/aromatic N) is 1. The summed E-state index contributed by atoms with van der Waals surface area (Å²) < 4.78 is 0. The molecule has 0 radical (unpaired) electrons. The highest BCUT2D eigenvalue weighted by Gasteiger charge is 2.37. The minimum atomic E-state index is -0.0416. The molecule has 1 aliphatic carbocycles. The first-order chi connectivity index (χ1) is 9.63. The van der Waals surface area contributed by atoms with Crippen LogP contribution in [0.5, 0.6) is 0 Å². The molecule has 2 aliphatic rings. The Kier molecular flexibility index (Phi) is 3.47. The molecular weight excluding hydrogens is 252 g/mol. The van der Waals surface area contributed by atoms with Crippen molar-refractivity contribution in [2.45, 2.75) is 26.2 Å². The lowest BCUT2D eigenvalue weighted by Gasteiger charge is -2.18. The number of fused-ring (bicyclic) bond motifs is 1. The zero-order valence-corrected chi connectivity index (χ0v) is 11.8. The van der Waals surface area contributed by atoms with Gasteiger partial charge in [-0.15, -0.1) is 0 Å². The van der Waals surface area contributed by atoms with E-state index in [0.29, 0.717) is 23.1 Å². The molecule has 1 aromatic carbocycles. The van der Waals surface area contributed by atoms with Crippen LogP contribution in [0.1, 0.15) is 36.5 Å². The summed E-state index contributed by atoms with van der Waals surface area (Å²) in [6.45, 7) is 3.29. The molecular formula is C16H20N2O2. The molecule has 0 aromatic heterocycles. The van der Waals surface area contributed by atoms with Gasteiger partial charge >= 0.3 is 6.03 Å². The van der Waals surface area contributed by atoms with Crippen LogP contribution in [-0.4, -0.2) is 29.8 Å². The third-order valence-corrected chi connectivity index (χ3v) is 4.53. The summed E-state index contributed by atoms with van der Waals surface area (Å²) in [5, 5.41) is 2.90. The molecule has 1 saturated carbocycles. The Morgan fingerprint density at radius 2 is 1.90 bits per heavy atom. The highest BCUT2D eigenvalue weighted by atomic mass is 16.2. The molecule has 20 heavy (non-hydrogen) atoms. The summed E-state index contributed by atoms with van der Waals surface area (Å²) >= 11 is 0. The van der Waals surface area contributed by atoms with Gasteiger partial charge in [0.05, 0.1) is 0 Å². The van der Waals surface area contributed by atoms with Crippen molar-refractivity contribution in [2.75, 3.05) is 18.4 Å². The van der Waals surface area contributed by atoms with E-state index in [1.54, 1.807) is 18.2 Å². The summed E-state index contributed by atoms with van der Waals surface area (Å²) in [5.41, 5.74) is 1.32. The topological polar surface area (TPSA) is 49.4 Å². The maximum absolute atomic E-state index is 12.3. The highest BCUT2D eigenvalue weighted by Crippen LogP contribution is 2.37. The number of anilines is 1. The number of Topliss-reactive ketones (excluding diaryl/α,β-unsaturated/α-hetero) is 1. The molecule has 0 spiro atoms. The Morgan fingerprint density at radius 3 is 2.55 bits per heavy atom. The van der Waals surface area contributed by atoms with Crippen molar-refractivity contribution < 1.29 is 9.59 Å². The fourth-order valence-electron chi connectivity index (χ4n) is 3.42. The van der Waals surface area contributed by atoms with Gasteiger partial charge in [-0.05, 0) is 43.7 Å². The van der Waals surface area contributed by atoms with E-state index in [1.807, 2.05) is 11.0 Å². The Bertz CT molecular complexity index is 529. The average Bonchev–Trinajstić information content (AvgIpc) is 2.99. The first kappa shape index (κ1) is 13.2. The van der Waals surface area contributed by atoms with Crippen LogP contribution in [0.15, 0.2) is 24.3 Å². The molecule has 4 nitrogen and oxygen atoms in total. The first-order valence-electron chi connectivity index (χ1n) is 7.30. The fraction of sp³-hybridized carbons (Fsp3) is 0.500. The molecule has 4 heteroatoms. The van der Waals surface area contributed by atoms with Crippen LogP contribution >= 0.6 is 0 Å². The number of hydrogen-bond donors (Lipinski definition) is 1. The Balaban J connectivity index is 1.64. The van der Waals surface area contributed by atoms with Gasteiger partial charge in [-0.2, -0.15) is 0 Å². The zero-order chi connectivity index (χ0) is 14.1. The number of ketones is 1. The number of carbonyl (C=O) groups excluding carboxylic acids is 2. The van der Waals surface area contributed by atoms with Crippen LogP contribution in [0.4, 0.5) is 10.5 Å². The maximum atomic E-state index is 12.3. The average molecular weight is 272 g/mol. The Morgan fingerprint density at radius 1 is 1.20 bits per heavy atom. The summed E-state index contributed by atoms with van der Waals surface area (Å²) in [6, 6.07) is 7.07. The zero-order valence-electron chi connectivity index (χ0n) is 11.8.